The maximum atomic E-state index is 13.8. The third kappa shape index (κ3) is 2.72. The van der Waals surface area contributed by atoms with Crippen LogP contribution in [0.25, 0.3) is 10.9 Å². The lowest BCUT2D eigenvalue weighted by Crippen LogP contribution is -2.13. The van der Waals surface area contributed by atoms with Crippen molar-refractivity contribution in [2.24, 2.45) is 0 Å². The fourth-order valence-electron chi connectivity index (χ4n) is 2.22. The number of anilines is 1. The Morgan fingerprint density at radius 2 is 1.95 bits per heavy atom. The molecule has 0 amide bonds. The molecule has 0 saturated heterocycles. The summed E-state index contributed by atoms with van der Waals surface area (Å²) in [5, 5.41) is 3.10. The van der Waals surface area contributed by atoms with Crippen molar-refractivity contribution in [1.29, 1.82) is 0 Å². The molecule has 0 saturated carbocycles. The standard InChI is InChI=1S/C14H14F4N2O/c1-4-21-11-5-8-10(6-9(11)15)20-13(14(16,17)18)7(2)12(8)19-3/h5-6H,4H2,1-3H3,(H,19,20). The Labute approximate surface area is 118 Å². The third-order valence-electron chi connectivity index (χ3n) is 3.10. The summed E-state index contributed by atoms with van der Waals surface area (Å²) in [5.74, 6) is -0.752. The van der Waals surface area contributed by atoms with Crippen molar-refractivity contribution >= 4 is 16.6 Å². The SMILES string of the molecule is CCOc1cc2c(NC)c(C)c(C(F)(F)F)nc2cc1F. The second-order valence-electron chi connectivity index (χ2n) is 4.44. The van der Waals surface area contributed by atoms with E-state index in [4.69, 9.17) is 4.74 Å². The molecular weight excluding hydrogens is 288 g/mol. The molecule has 1 aromatic carbocycles. The lowest BCUT2D eigenvalue weighted by Gasteiger charge is -2.16. The molecule has 3 nitrogen and oxygen atoms in total. The fraction of sp³-hybridized carbons (Fsp3) is 0.357. The first-order chi connectivity index (χ1) is 9.79. The Balaban J connectivity index is 2.81. The highest BCUT2D eigenvalue weighted by molar-refractivity contribution is 5.94. The zero-order chi connectivity index (χ0) is 15.8. The van der Waals surface area contributed by atoms with Gasteiger partial charge in [-0.15, -0.1) is 0 Å². The lowest BCUT2D eigenvalue weighted by atomic mass is 10.1. The van der Waals surface area contributed by atoms with Crippen LogP contribution in [-0.4, -0.2) is 18.6 Å². The summed E-state index contributed by atoms with van der Waals surface area (Å²) in [6, 6.07) is 2.32. The summed E-state index contributed by atoms with van der Waals surface area (Å²) in [6.07, 6.45) is -4.60. The molecule has 0 aliphatic carbocycles. The van der Waals surface area contributed by atoms with E-state index in [-0.39, 0.29) is 29.1 Å². The van der Waals surface area contributed by atoms with E-state index in [0.717, 1.165) is 6.07 Å². The monoisotopic (exact) mass is 302 g/mol. The van der Waals surface area contributed by atoms with Crippen LogP contribution < -0.4 is 10.1 Å². The summed E-state index contributed by atoms with van der Waals surface area (Å²) >= 11 is 0. The molecule has 1 heterocycles. The molecule has 0 atom stereocenters. The minimum absolute atomic E-state index is 0.0116. The van der Waals surface area contributed by atoms with Gasteiger partial charge < -0.3 is 10.1 Å². The summed E-state index contributed by atoms with van der Waals surface area (Å²) in [4.78, 5) is 3.56. The van der Waals surface area contributed by atoms with Crippen LogP contribution in [0.3, 0.4) is 0 Å². The largest absolute Gasteiger partial charge is 0.491 e. The van der Waals surface area contributed by atoms with Crippen LogP contribution in [0, 0.1) is 12.7 Å². The summed E-state index contributed by atoms with van der Waals surface area (Å²) in [7, 11) is 1.51. The molecule has 1 N–H and O–H groups in total. The molecule has 0 aliphatic heterocycles. The first-order valence-electron chi connectivity index (χ1n) is 6.31. The van der Waals surface area contributed by atoms with Gasteiger partial charge in [0.1, 0.15) is 5.69 Å². The second-order valence-corrected chi connectivity index (χ2v) is 4.44. The number of hydrogen-bond acceptors (Lipinski definition) is 3. The van der Waals surface area contributed by atoms with Gasteiger partial charge in [0.25, 0.3) is 0 Å². The highest BCUT2D eigenvalue weighted by atomic mass is 19.4. The number of alkyl halides is 3. The summed E-state index contributed by atoms with van der Waals surface area (Å²) in [6.45, 7) is 3.27. The van der Waals surface area contributed by atoms with Crippen molar-refractivity contribution in [3.8, 4) is 5.75 Å². The summed E-state index contributed by atoms with van der Waals surface area (Å²) < 4.78 is 57.9. The van der Waals surface area contributed by atoms with Crippen LogP contribution in [0.4, 0.5) is 23.2 Å². The van der Waals surface area contributed by atoms with E-state index in [2.05, 4.69) is 10.3 Å². The van der Waals surface area contributed by atoms with Gasteiger partial charge in [0.2, 0.25) is 0 Å². The van der Waals surface area contributed by atoms with Gasteiger partial charge in [-0.2, -0.15) is 13.2 Å². The second kappa shape index (κ2) is 5.38. The zero-order valence-corrected chi connectivity index (χ0v) is 11.7. The predicted octanol–water partition coefficient (Wildman–Crippen LogP) is 4.14. The van der Waals surface area contributed by atoms with Crippen molar-refractivity contribution in [2.75, 3.05) is 19.0 Å². The molecule has 0 aliphatic rings. The number of nitrogens with one attached hydrogen (secondary N) is 1. The molecule has 114 valence electrons. The van der Waals surface area contributed by atoms with E-state index < -0.39 is 17.7 Å². The molecule has 7 heteroatoms. The van der Waals surface area contributed by atoms with Crippen molar-refractivity contribution in [1.82, 2.24) is 4.98 Å². The molecule has 0 radical (unpaired) electrons. The lowest BCUT2D eigenvalue weighted by molar-refractivity contribution is -0.141. The maximum absolute atomic E-state index is 13.8. The molecule has 1 aromatic heterocycles. The number of benzene rings is 1. The van der Waals surface area contributed by atoms with Crippen LogP contribution in [0.2, 0.25) is 0 Å². The number of ether oxygens (including phenoxy) is 1. The highest BCUT2D eigenvalue weighted by Gasteiger charge is 2.36. The van der Waals surface area contributed by atoms with Gasteiger partial charge in [0.15, 0.2) is 11.6 Å². The first kappa shape index (κ1) is 15.3. The van der Waals surface area contributed by atoms with E-state index in [0.29, 0.717) is 5.39 Å². The van der Waals surface area contributed by atoms with E-state index in [1.807, 2.05) is 0 Å². The number of nitrogens with zero attached hydrogens (tertiary/aromatic N) is 1. The Morgan fingerprint density at radius 1 is 1.29 bits per heavy atom. The zero-order valence-electron chi connectivity index (χ0n) is 11.7. The molecule has 0 spiro atoms. The van der Waals surface area contributed by atoms with Gasteiger partial charge in [0.05, 0.1) is 12.1 Å². The van der Waals surface area contributed by atoms with Gasteiger partial charge in [-0.1, -0.05) is 0 Å². The van der Waals surface area contributed by atoms with Crippen molar-refractivity contribution in [2.45, 2.75) is 20.0 Å². The Bertz CT molecular complexity index is 683. The van der Waals surface area contributed by atoms with Crippen molar-refractivity contribution in [3.63, 3.8) is 0 Å². The Kier molecular flexibility index (Phi) is 3.93. The van der Waals surface area contributed by atoms with Crippen LogP contribution >= 0.6 is 0 Å². The predicted molar refractivity (Wildman–Crippen MR) is 72.2 cm³/mol. The van der Waals surface area contributed by atoms with Crippen LogP contribution in [0.5, 0.6) is 5.75 Å². The molecule has 21 heavy (non-hydrogen) atoms. The number of rotatable bonds is 3. The number of pyridine rings is 1. The average Bonchev–Trinajstić information content (AvgIpc) is 2.39. The molecular formula is C14H14F4N2O. The molecule has 0 fully saturated rings. The molecule has 2 aromatic rings. The van der Waals surface area contributed by atoms with Crippen molar-refractivity contribution < 1.29 is 22.3 Å². The Morgan fingerprint density at radius 3 is 2.48 bits per heavy atom. The number of hydrogen-bond donors (Lipinski definition) is 1. The number of fused-ring (bicyclic) bond motifs is 1. The van der Waals surface area contributed by atoms with Gasteiger partial charge >= 0.3 is 6.18 Å². The van der Waals surface area contributed by atoms with Crippen molar-refractivity contribution in [3.05, 3.63) is 29.2 Å². The molecule has 0 bridgehead atoms. The fourth-order valence-corrected chi connectivity index (χ4v) is 2.22. The third-order valence-corrected chi connectivity index (χ3v) is 3.10. The Hall–Kier alpha value is -2.05. The van der Waals surface area contributed by atoms with E-state index in [1.165, 1.54) is 20.0 Å². The van der Waals surface area contributed by atoms with E-state index >= 15 is 0 Å². The van der Waals surface area contributed by atoms with E-state index in [1.54, 1.807) is 6.92 Å². The van der Waals surface area contributed by atoms with Gasteiger partial charge in [-0.3, -0.25) is 0 Å². The topological polar surface area (TPSA) is 34.1 Å². The van der Waals surface area contributed by atoms with Crippen LogP contribution in [0.15, 0.2) is 12.1 Å². The highest BCUT2D eigenvalue weighted by Crippen LogP contribution is 2.38. The van der Waals surface area contributed by atoms with Gasteiger partial charge in [-0.25, -0.2) is 9.37 Å². The van der Waals surface area contributed by atoms with Crippen LogP contribution in [-0.2, 0) is 6.18 Å². The van der Waals surface area contributed by atoms with Crippen LogP contribution in [0.1, 0.15) is 18.2 Å². The number of halogens is 4. The first-order valence-corrected chi connectivity index (χ1v) is 6.31. The minimum atomic E-state index is -4.60. The number of aromatic nitrogens is 1. The molecule has 2 rings (SSSR count). The maximum Gasteiger partial charge on any atom is 0.433 e. The van der Waals surface area contributed by atoms with Gasteiger partial charge in [-0.05, 0) is 19.9 Å². The average molecular weight is 302 g/mol. The molecule has 0 unspecified atom stereocenters. The van der Waals surface area contributed by atoms with E-state index in [9.17, 15) is 17.6 Å². The van der Waals surface area contributed by atoms with Gasteiger partial charge in [0, 0.05) is 29.8 Å². The summed E-state index contributed by atoms with van der Waals surface area (Å²) in [5.41, 5.74) is -0.874. The normalized spacial score (nSPS) is 11.8. The minimum Gasteiger partial charge on any atom is -0.491 e. The quantitative estimate of drug-likeness (QED) is 0.865. The smallest absolute Gasteiger partial charge is 0.433 e.